The zero-order valence-corrected chi connectivity index (χ0v) is 6.96. The Morgan fingerprint density at radius 2 is 2.20 bits per heavy atom. The second kappa shape index (κ2) is 2.91. The number of rotatable bonds is 1. The lowest BCUT2D eigenvalue weighted by atomic mass is 10.2. The second-order valence-electron chi connectivity index (χ2n) is 2.97. The Morgan fingerprint density at radius 1 is 1.50 bits per heavy atom. The molecule has 0 aliphatic carbocycles. The molecule has 0 fully saturated rings. The molecule has 0 bridgehead atoms. The van der Waals surface area contributed by atoms with Crippen LogP contribution in [0.15, 0.2) is 24.0 Å². The van der Waals surface area contributed by atoms with Gasteiger partial charge in [0, 0.05) is 17.9 Å². The minimum absolute atomic E-state index is 0.591. The highest BCUT2D eigenvalue weighted by atomic mass is 15.1. The van der Waals surface area contributed by atoms with Crippen LogP contribution in [0.1, 0.15) is 27.2 Å². The predicted octanol–water partition coefficient (Wildman–Crippen LogP) is 2.52. The highest BCUT2D eigenvalue weighted by Gasteiger charge is 2.07. The first-order valence-corrected chi connectivity index (χ1v) is 3.83. The van der Waals surface area contributed by atoms with Gasteiger partial charge in [-0.1, -0.05) is 12.2 Å². The van der Waals surface area contributed by atoms with Gasteiger partial charge < -0.3 is 4.90 Å². The molecule has 1 heteroatoms. The van der Waals surface area contributed by atoms with Gasteiger partial charge in [-0.3, -0.25) is 0 Å². The maximum absolute atomic E-state index is 2.28. The SMILES string of the molecule is CC1=CCC=CN1C(C)C. The van der Waals surface area contributed by atoms with Gasteiger partial charge >= 0.3 is 0 Å². The summed E-state index contributed by atoms with van der Waals surface area (Å²) in [4.78, 5) is 2.28. The van der Waals surface area contributed by atoms with Crippen molar-refractivity contribution in [1.29, 1.82) is 0 Å². The van der Waals surface area contributed by atoms with E-state index in [-0.39, 0.29) is 0 Å². The molecule has 0 spiro atoms. The fraction of sp³-hybridized carbons (Fsp3) is 0.556. The summed E-state index contributed by atoms with van der Waals surface area (Å²) in [6.07, 6.45) is 7.70. The molecule has 0 atom stereocenters. The first kappa shape index (κ1) is 7.39. The number of allylic oxidation sites excluding steroid dienone is 3. The van der Waals surface area contributed by atoms with Gasteiger partial charge in [-0.2, -0.15) is 0 Å². The first-order chi connectivity index (χ1) is 4.72. The molecule has 1 heterocycles. The van der Waals surface area contributed by atoms with Gasteiger partial charge in [0.1, 0.15) is 0 Å². The average Bonchev–Trinajstić information content (AvgIpc) is 1.88. The van der Waals surface area contributed by atoms with Crippen LogP contribution in [0.2, 0.25) is 0 Å². The Hall–Kier alpha value is -0.720. The summed E-state index contributed by atoms with van der Waals surface area (Å²) in [5.41, 5.74) is 1.37. The van der Waals surface area contributed by atoms with Crippen LogP contribution < -0.4 is 0 Å². The molecular formula is C9H15N. The lowest BCUT2D eigenvalue weighted by Crippen LogP contribution is -2.24. The number of hydrogen-bond acceptors (Lipinski definition) is 1. The van der Waals surface area contributed by atoms with Gasteiger partial charge in [0.15, 0.2) is 0 Å². The highest BCUT2D eigenvalue weighted by Crippen LogP contribution is 2.14. The van der Waals surface area contributed by atoms with Crippen molar-refractivity contribution in [3.63, 3.8) is 0 Å². The second-order valence-corrected chi connectivity index (χ2v) is 2.97. The minimum Gasteiger partial charge on any atom is -0.350 e. The van der Waals surface area contributed by atoms with Crippen LogP contribution in [-0.2, 0) is 0 Å². The predicted molar refractivity (Wildman–Crippen MR) is 44.5 cm³/mol. The van der Waals surface area contributed by atoms with Crippen LogP contribution >= 0.6 is 0 Å². The summed E-state index contributed by atoms with van der Waals surface area (Å²) in [5, 5.41) is 0. The van der Waals surface area contributed by atoms with Gasteiger partial charge in [0.05, 0.1) is 0 Å². The van der Waals surface area contributed by atoms with E-state index >= 15 is 0 Å². The molecule has 0 saturated heterocycles. The Kier molecular flexibility index (Phi) is 2.15. The van der Waals surface area contributed by atoms with Crippen LogP contribution in [0.3, 0.4) is 0 Å². The van der Waals surface area contributed by atoms with Crippen molar-refractivity contribution in [1.82, 2.24) is 4.90 Å². The molecule has 0 N–H and O–H groups in total. The Morgan fingerprint density at radius 3 is 2.60 bits per heavy atom. The van der Waals surface area contributed by atoms with E-state index in [1.54, 1.807) is 0 Å². The van der Waals surface area contributed by atoms with E-state index in [2.05, 4.69) is 44.0 Å². The van der Waals surface area contributed by atoms with E-state index in [0.29, 0.717) is 6.04 Å². The summed E-state index contributed by atoms with van der Waals surface area (Å²) in [6, 6.07) is 0.591. The third-order valence-electron chi connectivity index (χ3n) is 1.78. The summed E-state index contributed by atoms with van der Waals surface area (Å²) < 4.78 is 0. The third kappa shape index (κ3) is 1.41. The molecule has 0 aromatic heterocycles. The van der Waals surface area contributed by atoms with Crippen molar-refractivity contribution < 1.29 is 0 Å². The molecular weight excluding hydrogens is 122 g/mol. The molecule has 0 unspecified atom stereocenters. The quantitative estimate of drug-likeness (QED) is 0.536. The lowest BCUT2D eigenvalue weighted by molar-refractivity contribution is 0.378. The fourth-order valence-electron chi connectivity index (χ4n) is 1.22. The van der Waals surface area contributed by atoms with Gasteiger partial charge in [0.25, 0.3) is 0 Å². The van der Waals surface area contributed by atoms with E-state index in [1.165, 1.54) is 5.70 Å². The summed E-state index contributed by atoms with van der Waals surface area (Å²) >= 11 is 0. The van der Waals surface area contributed by atoms with Crippen molar-refractivity contribution in [3.8, 4) is 0 Å². The van der Waals surface area contributed by atoms with E-state index in [4.69, 9.17) is 0 Å². The molecule has 0 aromatic rings. The summed E-state index contributed by atoms with van der Waals surface area (Å²) in [5.74, 6) is 0. The molecule has 10 heavy (non-hydrogen) atoms. The van der Waals surface area contributed by atoms with Crippen LogP contribution in [0.25, 0.3) is 0 Å². The first-order valence-electron chi connectivity index (χ1n) is 3.83. The molecule has 1 nitrogen and oxygen atoms in total. The summed E-state index contributed by atoms with van der Waals surface area (Å²) in [6.45, 7) is 6.56. The monoisotopic (exact) mass is 137 g/mol. The number of hydrogen-bond donors (Lipinski definition) is 0. The van der Waals surface area contributed by atoms with Crippen molar-refractivity contribution in [2.75, 3.05) is 0 Å². The Labute approximate surface area is 63.0 Å². The third-order valence-corrected chi connectivity index (χ3v) is 1.78. The Bertz CT molecular complexity index is 166. The molecule has 0 amide bonds. The topological polar surface area (TPSA) is 3.24 Å². The zero-order chi connectivity index (χ0) is 7.56. The van der Waals surface area contributed by atoms with E-state index in [9.17, 15) is 0 Å². The number of nitrogens with zero attached hydrogens (tertiary/aromatic N) is 1. The van der Waals surface area contributed by atoms with E-state index < -0.39 is 0 Å². The van der Waals surface area contributed by atoms with Crippen LogP contribution in [0.4, 0.5) is 0 Å². The van der Waals surface area contributed by atoms with Crippen molar-refractivity contribution in [3.05, 3.63) is 24.0 Å². The van der Waals surface area contributed by atoms with Crippen LogP contribution in [-0.4, -0.2) is 10.9 Å². The Balaban J connectivity index is 2.65. The molecule has 56 valence electrons. The smallest absolute Gasteiger partial charge is 0.0276 e. The van der Waals surface area contributed by atoms with Gasteiger partial charge in [-0.15, -0.1) is 0 Å². The van der Waals surface area contributed by atoms with Crippen molar-refractivity contribution in [2.45, 2.75) is 33.2 Å². The molecule has 0 saturated carbocycles. The van der Waals surface area contributed by atoms with Crippen LogP contribution in [0, 0.1) is 0 Å². The fourth-order valence-corrected chi connectivity index (χ4v) is 1.22. The van der Waals surface area contributed by atoms with Gasteiger partial charge in [-0.05, 0) is 27.2 Å². The molecule has 1 aliphatic heterocycles. The van der Waals surface area contributed by atoms with E-state index in [1.807, 2.05) is 0 Å². The maximum atomic E-state index is 2.28. The zero-order valence-electron chi connectivity index (χ0n) is 6.96. The van der Waals surface area contributed by atoms with Crippen molar-refractivity contribution in [2.24, 2.45) is 0 Å². The molecule has 0 aromatic carbocycles. The highest BCUT2D eigenvalue weighted by molar-refractivity contribution is 5.11. The lowest BCUT2D eigenvalue weighted by Gasteiger charge is -2.27. The molecule has 1 rings (SSSR count). The maximum Gasteiger partial charge on any atom is 0.0276 e. The van der Waals surface area contributed by atoms with E-state index in [0.717, 1.165) is 6.42 Å². The standard InChI is InChI=1S/C9H15N/c1-8(2)10-7-5-4-6-9(10)3/h5-8H,4H2,1-3H3. The molecule has 1 aliphatic rings. The van der Waals surface area contributed by atoms with Crippen LogP contribution in [0.5, 0.6) is 0 Å². The molecule has 0 radical (unpaired) electrons. The summed E-state index contributed by atoms with van der Waals surface area (Å²) in [7, 11) is 0. The van der Waals surface area contributed by atoms with Gasteiger partial charge in [-0.25, -0.2) is 0 Å². The minimum atomic E-state index is 0.591. The van der Waals surface area contributed by atoms with Crippen molar-refractivity contribution >= 4 is 0 Å². The van der Waals surface area contributed by atoms with Gasteiger partial charge in [0.2, 0.25) is 0 Å². The normalized spacial score (nSPS) is 18.0. The largest absolute Gasteiger partial charge is 0.350 e. The average molecular weight is 137 g/mol.